The Morgan fingerprint density at radius 1 is 1.07 bits per heavy atom. The molecule has 0 fully saturated rings. The van der Waals surface area contributed by atoms with Gasteiger partial charge in [-0.3, -0.25) is 4.79 Å². The fourth-order valence-electron chi connectivity index (χ4n) is 3.63. The predicted molar refractivity (Wildman–Crippen MR) is 114 cm³/mol. The Kier molecular flexibility index (Phi) is 5.18. The average molecular weight is 389 g/mol. The normalized spacial score (nSPS) is 11.4. The lowest BCUT2D eigenvalue weighted by Crippen LogP contribution is -2.33. The Bertz CT molecular complexity index is 1220. The number of aryl methyl sites for hydroxylation is 1. The number of hydrogen-bond donors (Lipinski definition) is 1. The first kappa shape index (κ1) is 19.0. The molecule has 148 valence electrons. The fraction of sp³-hybridized carbons (Fsp3) is 0.217. The summed E-state index contributed by atoms with van der Waals surface area (Å²) in [6.45, 7) is 2.05. The Labute approximate surface area is 168 Å². The van der Waals surface area contributed by atoms with Crippen LogP contribution < -0.4 is 10.9 Å². The van der Waals surface area contributed by atoms with Crippen LogP contribution in [0.25, 0.3) is 21.9 Å². The average Bonchev–Trinajstić information content (AvgIpc) is 3.07. The maximum absolute atomic E-state index is 12.7. The predicted octanol–water partition coefficient (Wildman–Crippen LogP) is 3.15. The summed E-state index contributed by atoms with van der Waals surface area (Å²) in [5.74, 6) is -0.208. The van der Waals surface area contributed by atoms with E-state index in [1.165, 1.54) is 5.56 Å². The highest BCUT2D eigenvalue weighted by molar-refractivity contribution is 6.07. The van der Waals surface area contributed by atoms with Gasteiger partial charge in [-0.15, -0.1) is 0 Å². The summed E-state index contributed by atoms with van der Waals surface area (Å²) in [7, 11) is 3.82. The maximum atomic E-state index is 12.7. The molecule has 2 aromatic heterocycles. The van der Waals surface area contributed by atoms with Crippen molar-refractivity contribution in [2.24, 2.45) is 7.05 Å². The first-order valence-electron chi connectivity index (χ1n) is 9.56. The summed E-state index contributed by atoms with van der Waals surface area (Å²) in [5.41, 5.74) is 2.46. The monoisotopic (exact) mass is 389 g/mol. The fourth-order valence-corrected chi connectivity index (χ4v) is 3.63. The number of rotatable bonds is 6. The third-order valence-corrected chi connectivity index (χ3v) is 5.10. The van der Waals surface area contributed by atoms with Crippen molar-refractivity contribution < 1.29 is 9.21 Å². The van der Waals surface area contributed by atoms with Crippen LogP contribution in [0, 0.1) is 0 Å². The van der Waals surface area contributed by atoms with E-state index in [4.69, 9.17) is 4.42 Å². The van der Waals surface area contributed by atoms with Gasteiger partial charge in [0, 0.05) is 32.1 Å². The summed E-state index contributed by atoms with van der Waals surface area (Å²) in [6, 6.07) is 19.2. The molecule has 0 unspecified atom stereocenters. The van der Waals surface area contributed by atoms with Gasteiger partial charge in [-0.05, 0) is 30.8 Å². The van der Waals surface area contributed by atoms with Crippen LogP contribution in [0.2, 0.25) is 0 Å². The second kappa shape index (κ2) is 7.93. The SMILES string of the molecule is CN(CCNC(=O)c1cc2c(=O)oc3ccccc3c2n1C)Cc1ccccc1. The number of aromatic nitrogens is 1. The molecule has 0 saturated heterocycles. The molecule has 4 rings (SSSR count). The number of nitrogens with one attached hydrogen (secondary N) is 1. The maximum Gasteiger partial charge on any atom is 0.345 e. The first-order chi connectivity index (χ1) is 14.0. The number of nitrogens with zero attached hydrogens (tertiary/aromatic N) is 2. The molecule has 0 aliphatic rings. The van der Waals surface area contributed by atoms with Crippen LogP contribution in [0.3, 0.4) is 0 Å². The zero-order valence-corrected chi connectivity index (χ0v) is 16.5. The van der Waals surface area contributed by atoms with E-state index in [1.807, 2.05) is 43.4 Å². The first-order valence-corrected chi connectivity index (χ1v) is 9.56. The largest absolute Gasteiger partial charge is 0.422 e. The highest BCUT2D eigenvalue weighted by Gasteiger charge is 2.18. The Hall–Kier alpha value is -3.38. The lowest BCUT2D eigenvalue weighted by Gasteiger charge is -2.17. The number of carbonyl (C=O) groups is 1. The van der Waals surface area contributed by atoms with Crippen molar-refractivity contribution in [2.45, 2.75) is 6.54 Å². The molecule has 0 aliphatic carbocycles. The summed E-state index contributed by atoms with van der Waals surface area (Å²) >= 11 is 0. The van der Waals surface area contributed by atoms with E-state index in [1.54, 1.807) is 23.7 Å². The number of fused-ring (bicyclic) bond motifs is 3. The molecular weight excluding hydrogens is 366 g/mol. The van der Waals surface area contributed by atoms with Crippen molar-refractivity contribution in [3.8, 4) is 0 Å². The van der Waals surface area contributed by atoms with Crippen LogP contribution >= 0.6 is 0 Å². The molecule has 6 heteroatoms. The lowest BCUT2D eigenvalue weighted by atomic mass is 10.2. The van der Waals surface area contributed by atoms with Crippen LogP contribution in [-0.2, 0) is 13.6 Å². The van der Waals surface area contributed by atoms with Crippen LogP contribution in [0.15, 0.2) is 69.9 Å². The van der Waals surface area contributed by atoms with Crippen LogP contribution in [0.1, 0.15) is 16.1 Å². The minimum absolute atomic E-state index is 0.208. The van der Waals surface area contributed by atoms with Gasteiger partial charge in [-0.1, -0.05) is 42.5 Å². The van der Waals surface area contributed by atoms with Crippen LogP contribution in [0.4, 0.5) is 0 Å². The third-order valence-electron chi connectivity index (χ3n) is 5.10. The van der Waals surface area contributed by atoms with Crippen molar-refractivity contribution in [3.05, 3.63) is 82.3 Å². The van der Waals surface area contributed by atoms with Gasteiger partial charge >= 0.3 is 5.63 Å². The third kappa shape index (κ3) is 3.79. The van der Waals surface area contributed by atoms with Gasteiger partial charge in [-0.2, -0.15) is 0 Å². The molecule has 0 radical (unpaired) electrons. The van der Waals surface area contributed by atoms with E-state index >= 15 is 0 Å². The summed E-state index contributed by atoms with van der Waals surface area (Å²) in [5, 5.41) is 4.18. The zero-order valence-electron chi connectivity index (χ0n) is 16.5. The van der Waals surface area contributed by atoms with E-state index in [2.05, 4.69) is 22.3 Å². The second-order valence-electron chi connectivity index (χ2n) is 7.22. The van der Waals surface area contributed by atoms with Crippen molar-refractivity contribution in [1.82, 2.24) is 14.8 Å². The summed E-state index contributed by atoms with van der Waals surface area (Å²) in [4.78, 5) is 27.2. The van der Waals surface area contributed by atoms with E-state index in [0.29, 0.717) is 28.7 Å². The van der Waals surface area contributed by atoms with E-state index in [9.17, 15) is 9.59 Å². The standard InChI is InChI=1S/C23H23N3O3/c1-25(15-16-8-4-3-5-9-16)13-12-24-22(27)19-14-18-21(26(19)2)17-10-6-7-11-20(17)29-23(18)28/h3-11,14H,12-13,15H2,1-2H3,(H,24,27). The van der Waals surface area contributed by atoms with Crippen LogP contribution in [-0.4, -0.2) is 35.5 Å². The second-order valence-corrected chi connectivity index (χ2v) is 7.22. The van der Waals surface area contributed by atoms with Gasteiger partial charge in [0.25, 0.3) is 5.91 Å². The zero-order chi connectivity index (χ0) is 20.4. The van der Waals surface area contributed by atoms with Crippen LogP contribution in [0.5, 0.6) is 0 Å². The van der Waals surface area contributed by atoms with Gasteiger partial charge in [0.15, 0.2) is 0 Å². The van der Waals surface area contributed by atoms with E-state index in [0.717, 1.165) is 18.5 Å². The topological polar surface area (TPSA) is 67.5 Å². The quantitative estimate of drug-likeness (QED) is 0.515. The Balaban J connectivity index is 1.49. The lowest BCUT2D eigenvalue weighted by molar-refractivity contribution is 0.0942. The molecule has 4 aromatic rings. The minimum atomic E-state index is -0.434. The van der Waals surface area contributed by atoms with E-state index in [-0.39, 0.29) is 5.91 Å². The molecule has 0 spiro atoms. The highest BCUT2D eigenvalue weighted by atomic mass is 16.4. The van der Waals surface area contributed by atoms with E-state index < -0.39 is 5.63 Å². The molecule has 0 bridgehead atoms. The Morgan fingerprint density at radius 2 is 1.79 bits per heavy atom. The van der Waals surface area contributed by atoms with Gasteiger partial charge < -0.3 is 19.2 Å². The molecule has 0 atom stereocenters. The molecular formula is C23H23N3O3. The van der Waals surface area contributed by atoms with Gasteiger partial charge in [-0.25, -0.2) is 4.79 Å². The summed E-state index contributed by atoms with van der Waals surface area (Å²) in [6.07, 6.45) is 0. The number of amides is 1. The molecule has 2 aromatic carbocycles. The molecule has 2 heterocycles. The number of benzene rings is 2. The molecule has 29 heavy (non-hydrogen) atoms. The number of carbonyl (C=O) groups excluding carboxylic acids is 1. The number of para-hydroxylation sites is 1. The smallest absolute Gasteiger partial charge is 0.345 e. The van der Waals surface area contributed by atoms with Gasteiger partial charge in [0.1, 0.15) is 11.3 Å². The van der Waals surface area contributed by atoms with Crippen molar-refractivity contribution >= 4 is 27.8 Å². The molecule has 1 amide bonds. The molecule has 6 nitrogen and oxygen atoms in total. The summed E-state index contributed by atoms with van der Waals surface area (Å²) < 4.78 is 7.15. The van der Waals surface area contributed by atoms with Gasteiger partial charge in [0.05, 0.1) is 10.9 Å². The Morgan fingerprint density at radius 3 is 2.59 bits per heavy atom. The molecule has 1 N–H and O–H groups in total. The van der Waals surface area contributed by atoms with Crippen molar-refractivity contribution in [1.29, 1.82) is 0 Å². The minimum Gasteiger partial charge on any atom is -0.422 e. The highest BCUT2D eigenvalue weighted by Crippen LogP contribution is 2.25. The van der Waals surface area contributed by atoms with Gasteiger partial charge in [0.2, 0.25) is 0 Å². The number of likely N-dealkylation sites (N-methyl/N-ethyl adjacent to an activating group) is 1. The number of hydrogen-bond acceptors (Lipinski definition) is 4. The van der Waals surface area contributed by atoms with Crippen molar-refractivity contribution in [3.63, 3.8) is 0 Å². The van der Waals surface area contributed by atoms with Crippen molar-refractivity contribution in [2.75, 3.05) is 20.1 Å². The molecule has 0 saturated carbocycles. The molecule has 0 aliphatic heterocycles.